The molecule has 1 N–H and O–H groups in total. The Morgan fingerprint density at radius 3 is 1.84 bits per heavy atom. The summed E-state index contributed by atoms with van der Waals surface area (Å²) in [6.45, 7) is 3.98. The maximum absolute atomic E-state index is 10.3. The van der Waals surface area contributed by atoms with Crippen molar-refractivity contribution in [3.8, 4) is 5.75 Å². The fourth-order valence-corrected chi connectivity index (χ4v) is 2.10. The maximum Gasteiger partial charge on any atom is 0.119 e. The minimum atomic E-state index is -0.610. The zero-order valence-corrected chi connectivity index (χ0v) is 12.6. The number of aliphatic hydroxyl groups is 1. The highest BCUT2D eigenvalue weighted by molar-refractivity contribution is 9.10. The highest BCUT2D eigenvalue weighted by Crippen LogP contribution is 2.25. The van der Waals surface area contributed by atoms with Crippen LogP contribution in [0.15, 0.2) is 53.0 Å². The van der Waals surface area contributed by atoms with Gasteiger partial charge in [0.1, 0.15) is 11.9 Å². The van der Waals surface area contributed by atoms with Crippen molar-refractivity contribution in [2.45, 2.75) is 26.1 Å². The Morgan fingerprint density at radius 2 is 1.37 bits per heavy atom. The van der Waals surface area contributed by atoms with Gasteiger partial charge in [0.2, 0.25) is 0 Å². The summed E-state index contributed by atoms with van der Waals surface area (Å²) in [6.07, 6.45) is -0.455. The molecule has 1 atom stereocenters. The lowest BCUT2D eigenvalue weighted by molar-refractivity contribution is 0.219. The highest BCUT2D eigenvalue weighted by Gasteiger charge is 2.10. The molecule has 0 saturated heterocycles. The predicted molar refractivity (Wildman–Crippen MR) is 80.4 cm³/mol. The van der Waals surface area contributed by atoms with Crippen molar-refractivity contribution in [3.63, 3.8) is 0 Å². The maximum atomic E-state index is 10.3. The molecule has 0 amide bonds. The number of benzene rings is 2. The predicted octanol–water partition coefficient (Wildman–Crippen LogP) is 4.32. The molecule has 100 valence electrons. The van der Waals surface area contributed by atoms with Gasteiger partial charge in [-0.2, -0.15) is 0 Å². The van der Waals surface area contributed by atoms with Crippen molar-refractivity contribution in [1.29, 1.82) is 0 Å². The van der Waals surface area contributed by atoms with E-state index in [1.54, 1.807) is 0 Å². The van der Waals surface area contributed by atoms with Gasteiger partial charge in [-0.1, -0.05) is 40.2 Å². The summed E-state index contributed by atoms with van der Waals surface area (Å²) in [5, 5.41) is 10.3. The molecule has 0 spiro atoms. The third-order valence-electron chi connectivity index (χ3n) is 2.75. The third kappa shape index (κ3) is 3.82. The van der Waals surface area contributed by atoms with Gasteiger partial charge < -0.3 is 9.84 Å². The van der Waals surface area contributed by atoms with Crippen LogP contribution in [0.2, 0.25) is 0 Å². The van der Waals surface area contributed by atoms with Crippen LogP contribution in [0.25, 0.3) is 0 Å². The van der Waals surface area contributed by atoms with Crippen molar-refractivity contribution in [2.24, 2.45) is 0 Å². The van der Waals surface area contributed by atoms with Crippen LogP contribution >= 0.6 is 15.9 Å². The summed E-state index contributed by atoms with van der Waals surface area (Å²) in [7, 11) is 0. The van der Waals surface area contributed by atoms with Crippen molar-refractivity contribution in [1.82, 2.24) is 0 Å². The average molecular weight is 321 g/mol. The van der Waals surface area contributed by atoms with E-state index in [4.69, 9.17) is 4.74 Å². The molecule has 3 heteroatoms. The first-order valence-corrected chi connectivity index (χ1v) is 7.05. The van der Waals surface area contributed by atoms with Crippen LogP contribution in [-0.2, 0) is 0 Å². The van der Waals surface area contributed by atoms with E-state index < -0.39 is 6.10 Å². The molecule has 0 aromatic heterocycles. The molecule has 2 aromatic carbocycles. The van der Waals surface area contributed by atoms with E-state index in [1.807, 2.05) is 62.4 Å². The first-order chi connectivity index (χ1) is 9.06. The molecule has 0 saturated carbocycles. The van der Waals surface area contributed by atoms with Gasteiger partial charge in [0.25, 0.3) is 0 Å². The van der Waals surface area contributed by atoms with E-state index in [1.165, 1.54) is 0 Å². The number of rotatable bonds is 4. The van der Waals surface area contributed by atoms with Crippen molar-refractivity contribution in [2.75, 3.05) is 0 Å². The molecule has 0 fully saturated rings. The fourth-order valence-electron chi connectivity index (χ4n) is 1.84. The second kappa shape index (κ2) is 6.22. The molecule has 1 unspecified atom stereocenters. The topological polar surface area (TPSA) is 29.5 Å². The number of hydrogen-bond donors (Lipinski definition) is 1. The van der Waals surface area contributed by atoms with Crippen LogP contribution in [0.3, 0.4) is 0 Å². The van der Waals surface area contributed by atoms with Crippen LogP contribution in [-0.4, -0.2) is 11.2 Å². The monoisotopic (exact) mass is 320 g/mol. The first kappa shape index (κ1) is 14.1. The van der Waals surface area contributed by atoms with Gasteiger partial charge in [0.15, 0.2) is 0 Å². The van der Waals surface area contributed by atoms with Crippen LogP contribution in [0.4, 0.5) is 0 Å². The molecular formula is C16H17BrO2. The Labute approximate surface area is 122 Å². The summed E-state index contributed by atoms with van der Waals surface area (Å²) >= 11 is 3.39. The van der Waals surface area contributed by atoms with Gasteiger partial charge in [-0.15, -0.1) is 0 Å². The Morgan fingerprint density at radius 1 is 0.895 bits per heavy atom. The summed E-state index contributed by atoms with van der Waals surface area (Å²) in [5.41, 5.74) is 1.74. The second-order valence-electron chi connectivity index (χ2n) is 4.69. The minimum absolute atomic E-state index is 0.155. The lowest BCUT2D eigenvalue weighted by Gasteiger charge is -2.14. The molecular weight excluding hydrogens is 304 g/mol. The fraction of sp³-hybridized carbons (Fsp3) is 0.250. The van der Waals surface area contributed by atoms with E-state index >= 15 is 0 Å². The number of ether oxygens (including phenoxy) is 1. The van der Waals surface area contributed by atoms with Gasteiger partial charge in [-0.25, -0.2) is 0 Å². The summed E-state index contributed by atoms with van der Waals surface area (Å²) in [6, 6.07) is 15.2. The molecule has 0 radical (unpaired) electrons. The lowest BCUT2D eigenvalue weighted by atomic mass is 10.0. The number of aliphatic hydroxyl groups excluding tert-OH is 1. The van der Waals surface area contributed by atoms with Crippen LogP contribution < -0.4 is 4.74 Å². The van der Waals surface area contributed by atoms with E-state index in [0.29, 0.717) is 0 Å². The molecule has 0 aliphatic carbocycles. The standard InChI is InChI=1S/C16H17BrO2/c1-11(2)19-15-9-5-13(6-10-15)16(18)12-3-7-14(17)8-4-12/h3-11,16,18H,1-2H3. The van der Waals surface area contributed by atoms with E-state index in [0.717, 1.165) is 21.3 Å². The minimum Gasteiger partial charge on any atom is -0.491 e. The molecule has 2 nitrogen and oxygen atoms in total. The molecule has 19 heavy (non-hydrogen) atoms. The zero-order chi connectivity index (χ0) is 13.8. The van der Waals surface area contributed by atoms with Crippen LogP contribution in [0, 0.1) is 0 Å². The Kier molecular flexibility index (Phi) is 4.61. The van der Waals surface area contributed by atoms with Gasteiger partial charge in [-0.3, -0.25) is 0 Å². The first-order valence-electron chi connectivity index (χ1n) is 6.26. The summed E-state index contributed by atoms with van der Waals surface area (Å²) in [5.74, 6) is 0.821. The Bertz CT molecular complexity index is 517. The van der Waals surface area contributed by atoms with E-state index in [2.05, 4.69) is 15.9 Å². The summed E-state index contributed by atoms with van der Waals surface area (Å²) in [4.78, 5) is 0. The smallest absolute Gasteiger partial charge is 0.119 e. The van der Waals surface area contributed by atoms with Crippen molar-refractivity contribution < 1.29 is 9.84 Å². The highest BCUT2D eigenvalue weighted by atomic mass is 79.9. The number of hydrogen-bond acceptors (Lipinski definition) is 2. The quantitative estimate of drug-likeness (QED) is 0.909. The van der Waals surface area contributed by atoms with Gasteiger partial charge in [0, 0.05) is 4.47 Å². The second-order valence-corrected chi connectivity index (χ2v) is 5.61. The van der Waals surface area contributed by atoms with Gasteiger partial charge in [-0.05, 0) is 49.2 Å². The Balaban J connectivity index is 2.15. The molecule has 0 bridgehead atoms. The van der Waals surface area contributed by atoms with Gasteiger partial charge >= 0.3 is 0 Å². The summed E-state index contributed by atoms with van der Waals surface area (Å²) < 4.78 is 6.59. The SMILES string of the molecule is CC(C)Oc1ccc(C(O)c2ccc(Br)cc2)cc1. The molecule has 2 aromatic rings. The lowest BCUT2D eigenvalue weighted by Crippen LogP contribution is -2.05. The third-order valence-corrected chi connectivity index (χ3v) is 3.28. The van der Waals surface area contributed by atoms with Crippen molar-refractivity contribution in [3.05, 3.63) is 64.1 Å². The van der Waals surface area contributed by atoms with E-state index in [9.17, 15) is 5.11 Å². The normalized spacial score (nSPS) is 12.5. The molecule has 2 rings (SSSR count). The van der Waals surface area contributed by atoms with Gasteiger partial charge in [0.05, 0.1) is 6.10 Å². The zero-order valence-electron chi connectivity index (χ0n) is 11.0. The average Bonchev–Trinajstić information content (AvgIpc) is 2.39. The van der Waals surface area contributed by atoms with E-state index in [-0.39, 0.29) is 6.10 Å². The Hall–Kier alpha value is -1.32. The van der Waals surface area contributed by atoms with Crippen LogP contribution in [0.5, 0.6) is 5.75 Å². The van der Waals surface area contributed by atoms with Crippen molar-refractivity contribution >= 4 is 15.9 Å². The molecule has 0 aliphatic heterocycles. The molecule has 0 aliphatic rings. The molecule has 0 heterocycles. The van der Waals surface area contributed by atoms with Crippen LogP contribution in [0.1, 0.15) is 31.1 Å². The largest absolute Gasteiger partial charge is 0.491 e. The number of halogens is 1.